The summed E-state index contributed by atoms with van der Waals surface area (Å²) in [7, 11) is 0. The van der Waals surface area contributed by atoms with E-state index in [-0.39, 0.29) is 0 Å². The van der Waals surface area contributed by atoms with Gasteiger partial charge in [0.1, 0.15) is 0 Å². The van der Waals surface area contributed by atoms with E-state index >= 15 is 0 Å². The van der Waals surface area contributed by atoms with Gasteiger partial charge in [-0.25, -0.2) is 4.99 Å². The number of ether oxygens (including phenoxy) is 1. The van der Waals surface area contributed by atoms with E-state index in [2.05, 4.69) is 78.8 Å². The number of guanidine groups is 1. The SMILES string of the molecule is CCNC(=NCc1cccc(CN2CCOCC2)c1)NCc1ccc(C)cc1C. The zero-order chi connectivity index (χ0) is 20.5. The molecule has 156 valence electrons. The molecule has 1 aliphatic rings. The van der Waals surface area contributed by atoms with Crippen molar-refractivity contribution in [3.8, 4) is 0 Å². The molecule has 0 spiro atoms. The van der Waals surface area contributed by atoms with E-state index in [1.807, 2.05) is 0 Å². The van der Waals surface area contributed by atoms with Gasteiger partial charge in [0.15, 0.2) is 5.96 Å². The van der Waals surface area contributed by atoms with Crippen LogP contribution in [0.3, 0.4) is 0 Å². The summed E-state index contributed by atoms with van der Waals surface area (Å²) in [5.74, 6) is 0.853. The summed E-state index contributed by atoms with van der Waals surface area (Å²) in [6.07, 6.45) is 0. The lowest BCUT2D eigenvalue weighted by Gasteiger charge is -2.26. The Bertz CT molecular complexity index is 812. The summed E-state index contributed by atoms with van der Waals surface area (Å²) in [5.41, 5.74) is 6.48. The molecule has 1 heterocycles. The fourth-order valence-electron chi connectivity index (χ4n) is 3.58. The first-order valence-electron chi connectivity index (χ1n) is 10.6. The fraction of sp³-hybridized carbons (Fsp3) is 0.458. The van der Waals surface area contributed by atoms with Crippen molar-refractivity contribution >= 4 is 5.96 Å². The highest BCUT2D eigenvalue weighted by Crippen LogP contribution is 2.12. The highest BCUT2D eigenvalue weighted by molar-refractivity contribution is 5.79. The lowest BCUT2D eigenvalue weighted by molar-refractivity contribution is 0.0342. The average Bonchev–Trinajstić information content (AvgIpc) is 2.72. The Labute approximate surface area is 175 Å². The maximum atomic E-state index is 5.44. The van der Waals surface area contributed by atoms with Crippen LogP contribution in [0.25, 0.3) is 0 Å². The summed E-state index contributed by atoms with van der Waals surface area (Å²) >= 11 is 0. The van der Waals surface area contributed by atoms with E-state index in [1.165, 1.54) is 27.8 Å². The second kappa shape index (κ2) is 11.0. The van der Waals surface area contributed by atoms with Crippen LogP contribution in [0.15, 0.2) is 47.5 Å². The molecule has 3 rings (SSSR count). The minimum Gasteiger partial charge on any atom is -0.379 e. The molecule has 0 radical (unpaired) electrons. The Kier molecular flexibility index (Phi) is 8.08. The van der Waals surface area contributed by atoms with Crippen LogP contribution < -0.4 is 10.6 Å². The van der Waals surface area contributed by atoms with Crippen molar-refractivity contribution in [2.45, 2.75) is 40.4 Å². The number of morpholine rings is 1. The van der Waals surface area contributed by atoms with Crippen LogP contribution in [-0.2, 0) is 24.4 Å². The zero-order valence-corrected chi connectivity index (χ0v) is 18.0. The summed E-state index contributed by atoms with van der Waals surface area (Å²) in [5, 5.41) is 6.82. The number of nitrogens with zero attached hydrogens (tertiary/aromatic N) is 2. The topological polar surface area (TPSA) is 48.9 Å². The van der Waals surface area contributed by atoms with Crippen LogP contribution in [0.1, 0.15) is 34.7 Å². The van der Waals surface area contributed by atoms with Crippen LogP contribution in [0.5, 0.6) is 0 Å². The van der Waals surface area contributed by atoms with Crippen LogP contribution in [0, 0.1) is 13.8 Å². The lowest BCUT2D eigenvalue weighted by atomic mass is 10.1. The number of rotatable bonds is 7. The maximum absolute atomic E-state index is 5.44. The summed E-state index contributed by atoms with van der Waals surface area (Å²) in [6.45, 7) is 13.3. The molecule has 0 aromatic heterocycles. The molecule has 0 saturated carbocycles. The third kappa shape index (κ3) is 6.87. The molecule has 1 saturated heterocycles. The molecule has 5 heteroatoms. The van der Waals surface area contributed by atoms with Crippen LogP contribution >= 0.6 is 0 Å². The van der Waals surface area contributed by atoms with Crippen molar-refractivity contribution in [3.05, 3.63) is 70.3 Å². The van der Waals surface area contributed by atoms with Crippen LogP contribution in [0.2, 0.25) is 0 Å². The summed E-state index contributed by atoms with van der Waals surface area (Å²) in [6, 6.07) is 15.3. The van der Waals surface area contributed by atoms with Gasteiger partial charge in [-0.3, -0.25) is 4.90 Å². The molecule has 1 fully saturated rings. The molecule has 0 unspecified atom stereocenters. The monoisotopic (exact) mass is 394 g/mol. The molecule has 5 nitrogen and oxygen atoms in total. The summed E-state index contributed by atoms with van der Waals surface area (Å²) in [4.78, 5) is 7.24. The lowest BCUT2D eigenvalue weighted by Crippen LogP contribution is -2.37. The van der Waals surface area contributed by atoms with E-state index in [0.717, 1.165) is 51.9 Å². The van der Waals surface area contributed by atoms with Gasteiger partial charge in [-0.05, 0) is 43.0 Å². The molecular weight excluding hydrogens is 360 g/mol. The number of aryl methyl sites for hydroxylation is 2. The smallest absolute Gasteiger partial charge is 0.191 e. The van der Waals surface area contributed by atoms with Gasteiger partial charge in [0.2, 0.25) is 0 Å². The van der Waals surface area contributed by atoms with Gasteiger partial charge >= 0.3 is 0 Å². The second-order valence-corrected chi connectivity index (χ2v) is 7.69. The van der Waals surface area contributed by atoms with Crippen molar-refractivity contribution in [2.75, 3.05) is 32.8 Å². The van der Waals surface area contributed by atoms with Crippen molar-refractivity contribution in [2.24, 2.45) is 4.99 Å². The second-order valence-electron chi connectivity index (χ2n) is 7.69. The molecule has 2 aromatic carbocycles. The highest BCUT2D eigenvalue weighted by Gasteiger charge is 2.10. The molecule has 2 aromatic rings. The van der Waals surface area contributed by atoms with Gasteiger partial charge in [0.25, 0.3) is 0 Å². The third-order valence-corrected chi connectivity index (χ3v) is 5.21. The average molecular weight is 395 g/mol. The molecule has 0 bridgehead atoms. The third-order valence-electron chi connectivity index (χ3n) is 5.21. The predicted molar refractivity (Wildman–Crippen MR) is 120 cm³/mol. The van der Waals surface area contributed by atoms with Crippen LogP contribution in [0.4, 0.5) is 0 Å². The predicted octanol–water partition coefficient (Wildman–Crippen LogP) is 3.39. The number of hydrogen-bond donors (Lipinski definition) is 2. The van der Waals surface area contributed by atoms with E-state index in [0.29, 0.717) is 6.54 Å². The number of hydrogen-bond acceptors (Lipinski definition) is 3. The molecule has 0 amide bonds. The fourth-order valence-corrected chi connectivity index (χ4v) is 3.58. The van der Waals surface area contributed by atoms with E-state index < -0.39 is 0 Å². The van der Waals surface area contributed by atoms with Gasteiger partial charge in [-0.1, -0.05) is 48.0 Å². The highest BCUT2D eigenvalue weighted by atomic mass is 16.5. The Morgan fingerprint density at radius 3 is 2.59 bits per heavy atom. The first-order chi connectivity index (χ1) is 14.1. The Morgan fingerprint density at radius 2 is 1.83 bits per heavy atom. The normalized spacial score (nSPS) is 15.3. The zero-order valence-electron chi connectivity index (χ0n) is 18.0. The first kappa shape index (κ1) is 21.3. The van der Waals surface area contributed by atoms with Gasteiger partial charge in [-0.2, -0.15) is 0 Å². The van der Waals surface area contributed by atoms with E-state index in [1.54, 1.807) is 0 Å². The van der Waals surface area contributed by atoms with Crippen molar-refractivity contribution in [1.82, 2.24) is 15.5 Å². The Balaban J connectivity index is 1.59. The minimum atomic E-state index is 0.666. The maximum Gasteiger partial charge on any atom is 0.191 e. The van der Waals surface area contributed by atoms with Gasteiger partial charge < -0.3 is 15.4 Å². The van der Waals surface area contributed by atoms with Gasteiger partial charge in [-0.15, -0.1) is 0 Å². The Morgan fingerprint density at radius 1 is 1.03 bits per heavy atom. The number of nitrogens with one attached hydrogen (secondary N) is 2. The first-order valence-corrected chi connectivity index (χ1v) is 10.6. The quantitative estimate of drug-likeness (QED) is 0.558. The molecular formula is C24H34N4O. The molecule has 0 aliphatic carbocycles. The Hall–Kier alpha value is -2.37. The number of benzene rings is 2. The van der Waals surface area contributed by atoms with Crippen molar-refractivity contribution < 1.29 is 4.74 Å². The van der Waals surface area contributed by atoms with E-state index in [9.17, 15) is 0 Å². The van der Waals surface area contributed by atoms with Gasteiger partial charge in [0.05, 0.1) is 19.8 Å². The standard InChI is InChI=1S/C24H34N4O/c1-4-25-24(27-17-23-9-8-19(2)14-20(23)3)26-16-21-6-5-7-22(15-21)18-28-10-12-29-13-11-28/h5-9,14-15H,4,10-13,16-18H2,1-3H3,(H2,25,26,27). The largest absolute Gasteiger partial charge is 0.379 e. The van der Waals surface area contributed by atoms with E-state index in [4.69, 9.17) is 9.73 Å². The van der Waals surface area contributed by atoms with Crippen molar-refractivity contribution in [1.29, 1.82) is 0 Å². The summed E-state index contributed by atoms with van der Waals surface area (Å²) < 4.78 is 5.44. The van der Waals surface area contributed by atoms with Crippen molar-refractivity contribution in [3.63, 3.8) is 0 Å². The molecule has 29 heavy (non-hydrogen) atoms. The minimum absolute atomic E-state index is 0.666. The molecule has 1 aliphatic heterocycles. The molecule has 0 atom stereocenters. The van der Waals surface area contributed by atoms with Crippen LogP contribution in [-0.4, -0.2) is 43.7 Å². The molecule has 2 N–H and O–H groups in total. The number of aliphatic imine (C=N–C) groups is 1. The van der Waals surface area contributed by atoms with Gasteiger partial charge in [0, 0.05) is 32.7 Å².